The molecular weight excluding hydrogens is 492 g/mol. The number of aliphatic hydroxyl groups excluding tert-OH is 1. The predicted octanol–water partition coefficient (Wildman–Crippen LogP) is 5.55. The van der Waals surface area contributed by atoms with Gasteiger partial charge in [0.15, 0.2) is 0 Å². The van der Waals surface area contributed by atoms with Gasteiger partial charge in [-0.05, 0) is 47.5 Å². The van der Waals surface area contributed by atoms with E-state index in [-0.39, 0.29) is 13.2 Å². The SMILES string of the molecule is Cn1c(=Nc2ccc(OC(F)(F)F)cc2)n(Cc2ccc(CO)cc2)c2cc(OC(F)(F)F)ccc21. The van der Waals surface area contributed by atoms with Gasteiger partial charge in [0, 0.05) is 13.1 Å². The van der Waals surface area contributed by atoms with Crippen LogP contribution in [0.1, 0.15) is 11.1 Å². The van der Waals surface area contributed by atoms with Gasteiger partial charge in [0.2, 0.25) is 5.62 Å². The molecule has 0 saturated heterocycles. The summed E-state index contributed by atoms with van der Waals surface area (Å²) in [6.45, 7) is 0.0566. The molecule has 0 atom stereocenters. The van der Waals surface area contributed by atoms with Gasteiger partial charge in [0.25, 0.3) is 0 Å². The van der Waals surface area contributed by atoms with Crippen LogP contribution in [0.5, 0.6) is 11.5 Å². The Hall–Kier alpha value is -3.93. The monoisotopic (exact) mass is 511 g/mol. The smallest absolute Gasteiger partial charge is 0.406 e. The highest BCUT2D eigenvalue weighted by molar-refractivity contribution is 5.78. The van der Waals surface area contributed by atoms with Gasteiger partial charge in [-0.1, -0.05) is 24.3 Å². The van der Waals surface area contributed by atoms with Gasteiger partial charge in [-0.3, -0.25) is 0 Å². The standard InChI is InChI=1S/C24H19F6N3O3/c1-32-20-11-10-19(36-24(28,29)30)12-21(20)33(13-15-2-4-16(14-34)5-3-15)22(32)31-17-6-8-18(9-7-17)35-23(25,26)27/h2-12,34H,13-14H2,1H3. The highest BCUT2D eigenvalue weighted by Crippen LogP contribution is 2.28. The Balaban J connectivity index is 1.83. The number of aliphatic hydroxyl groups is 1. The second kappa shape index (κ2) is 9.61. The lowest BCUT2D eigenvalue weighted by molar-refractivity contribution is -0.275. The van der Waals surface area contributed by atoms with E-state index in [9.17, 15) is 31.4 Å². The average molecular weight is 511 g/mol. The summed E-state index contributed by atoms with van der Waals surface area (Å²) in [5, 5.41) is 9.28. The number of hydrogen-bond acceptors (Lipinski definition) is 4. The van der Waals surface area contributed by atoms with Gasteiger partial charge in [0.1, 0.15) is 11.5 Å². The van der Waals surface area contributed by atoms with Gasteiger partial charge in [-0.2, -0.15) is 0 Å². The van der Waals surface area contributed by atoms with Gasteiger partial charge >= 0.3 is 12.7 Å². The number of alkyl halides is 6. The number of hydrogen-bond donors (Lipinski definition) is 1. The molecule has 0 radical (unpaired) electrons. The number of benzene rings is 3. The largest absolute Gasteiger partial charge is 0.573 e. The predicted molar refractivity (Wildman–Crippen MR) is 117 cm³/mol. The summed E-state index contributed by atoms with van der Waals surface area (Å²) in [5.74, 6) is -0.825. The van der Waals surface area contributed by atoms with E-state index in [1.807, 2.05) is 0 Å². The third-order valence-corrected chi connectivity index (χ3v) is 5.22. The molecule has 12 heteroatoms. The van der Waals surface area contributed by atoms with Crippen LogP contribution in [0.25, 0.3) is 11.0 Å². The molecule has 0 aliphatic carbocycles. The van der Waals surface area contributed by atoms with E-state index in [1.54, 1.807) is 40.4 Å². The third kappa shape index (κ3) is 6.00. The molecule has 3 aromatic carbocycles. The van der Waals surface area contributed by atoms with E-state index in [2.05, 4.69) is 14.5 Å². The van der Waals surface area contributed by atoms with Crippen LogP contribution < -0.4 is 15.1 Å². The number of ether oxygens (including phenoxy) is 2. The lowest BCUT2D eigenvalue weighted by Crippen LogP contribution is -2.24. The number of imidazole rings is 1. The molecule has 0 aliphatic rings. The second-order valence-electron chi connectivity index (χ2n) is 7.77. The molecule has 0 aliphatic heterocycles. The maximum absolute atomic E-state index is 12.8. The van der Waals surface area contributed by atoms with Gasteiger partial charge < -0.3 is 23.7 Å². The van der Waals surface area contributed by atoms with E-state index < -0.39 is 24.2 Å². The Morgan fingerprint density at radius 1 is 0.750 bits per heavy atom. The fourth-order valence-corrected chi connectivity index (χ4v) is 3.66. The van der Waals surface area contributed by atoms with Crippen LogP contribution in [0.2, 0.25) is 0 Å². The molecule has 0 amide bonds. The number of halogens is 6. The number of fused-ring (bicyclic) bond motifs is 1. The summed E-state index contributed by atoms with van der Waals surface area (Å²) >= 11 is 0. The maximum Gasteiger partial charge on any atom is 0.573 e. The molecule has 0 spiro atoms. The first-order valence-electron chi connectivity index (χ1n) is 10.5. The zero-order valence-corrected chi connectivity index (χ0v) is 18.6. The van der Waals surface area contributed by atoms with Gasteiger partial charge in [-0.15, -0.1) is 26.3 Å². The molecule has 0 saturated carbocycles. The van der Waals surface area contributed by atoms with Crippen LogP contribution in [0.4, 0.5) is 32.0 Å². The number of nitrogens with zero attached hydrogens (tertiary/aromatic N) is 3. The van der Waals surface area contributed by atoms with Crippen LogP contribution >= 0.6 is 0 Å². The van der Waals surface area contributed by atoms with E-state index >= 15 is 0 Å². The van der Waals surface area contributed by atoms with Crippen molar-refractivity contribution in [2.24, 2.45) is 12.0 Å². The summed E-state index contributed by atoms with van der Waals surface area (Å²) in [7, 11) is 1.66. The zero-order chi connectivity index (χ0) is 26.1. The van der Waals surface area contributed by atoms with Crippen molar-refractivity contribution in [1.29, 1.82) is 0 Å². The number of aryl methyl sites for hydroxylation is 1. The van der Waals surface area contributed by atoms with Crippen LogP contribution in [0.3, 0.4) is 0 Å². The molecule has 0 unspecified atom stereocenters. The third-order valence-electron chi connectivity index (χ3n) is 5.22. The minimum absolute atomic E-state index is 0.144. The van der Waals surface area contributed by atoms with Crippen molar-refractivity contribution < 1.29 is 40.9 Å². The molecule has 1 aromatic heterocycles. The van der Waals surface area contributed by atoms with Crippen molar-refractivity contribution in [1.82, 2.24) is 9.13 Å². The molecule has 0 fully saturated rings. The van der Waals surface area contributed by atoms with Crippen LogP contribution in [-0.4, -0.2) is 27.0 Å². The van der Waals surface area contributed by atoms with Gasteiger partial charge in [-0.25, -0.2) is 4.99 Å². The summed E-state index contributed by atoms with van der Waals surface area (Å²) in [5.41, 5.74) is 3.02. The Labute approximate surface area is 200 Å². The first-order valence-corrected chi connectivity index (χ1v) is 10.5. The summed E-state index contributed by atoms with van der Waals surface area (Å²) < 4.78 is 87.1. The Kier molecular flexibility index (Phi) is 6.72. The van der Waals surface area contributed by atoms with Gasteiger partial charge in [0.05, 0.1) is 29.9 Å². The molecule has 190 valence electrons. The van der Waals surface area contributed by atoms with Crippen molar-refractivity contribution in [3.63, 3.8) is 0 Å². The van der Waals surface area contributed by atoms with Crippen molar-refractivity contribution in [3.8, 4) is 11.5 Å². The normalized spacial score (nSPS) is 12.8. The molecular formula is C24H19F6N3O3. The molecule has 1 N–H and O–H groups in total. The van der Waals surface area contributed by atoms with Crippen LogP contribution in [-0.2, 0) is 20.2 Å². The fourth-order valence-electron chi connectivity index (χ4n) is 3.66. The Morgan fingerprint density at radius 3 is 1.89 bits per heavy atom. The molecule has 0 bridgehead atoms. The Morgan fingerprint density at radius 2 is 1.31 bits per heavy atom. The summed E-state index contributed by atoms with van der Waals surface area (Å²) in [4.78, 5) is 4.54. The molecule has 4 rings (SSSR count). The van der Waals surface area contributed by atoms with Crippen molar-refractivity contribution in [2.45, 2.75) is 25.9 Å². The average Bonchev–Trinajstić information content (AvgIpc) is 3.04. The van der Waals surface area contributed by atoms with Crippen molar-refractivity contribution in [2.75, 3.05) is 0 Å². The first kappa shape index (κ1) is 25.2. The second-order valence-corrected chi connectivity index (χ2v) is 7.77. The van der Waals surface area contributed by atoms with Crippen molar-refractivity contribution in [3.05, 3.63) is 83.5 Å². The van der Waals surface area contributed by atoms with Crippen LogP contribution in [0, 0.1) is 0 Å². The van der Waals surface area contributed by atoms with Crippen LogP contribution in [0.15, 0.2) is 71.7 Å². The fraction of sp³-hybridized carbons (Fsp3) is 0.208. The maximum atomic E-state index is 12.8. The zero-order valence-electron chi connectivity index (χ0n) is 18.6. The minimum Gasteiger partial charge on any atom is -0.406 e. The topological polar surface area (TPSA) is 60.9 Å². The molecule has 6 nitrogen and oxygen atoms in total. The first-order chi connectivity index (χ1) is 16.9. The number of rotatable bonds is 6. The summed E-state index contributed by atoms with van der Waals surface area (Å²) in [6.07, 6.45) is -9.71. The highest BCUT2D eigenvalue weighted by atomic mass is 19.4. The van der Waals surface area contributed by atoms with E-state index in [1.165, 1.54) is 30.3 Å². The molecule has 1 heterocycles. The lowest BCUT2D eigenvalue weighted by atomic mass is 10.1. The van der Waals surface area contributed by atoms with E-state index in [0.717, 1.165) is 17.7 Å². The van der Waals surface area contributed by atoms with E-state index in [0.29, 0.717) is 27.9 Å². The quantitative estimate of drug-likeness (QED) is 0.346. The Bertz CT molecular complexity index is 1420. The lowest BCUT2D eigenvalue weighted by Gasteiger charge is -2.10. The van der Waals surface area contributed by atoms with E-state index in [4.69, 9.17) is 0 Å². The molecule has 4 aromatic rings. The number of aromatic nitrogens is 2. The molecule has 36 heavy (non-hydrogen) atoms. The van der Waals surface area contributed by atoms with Crippen molar-refractivity contribution >= 4 is 16.7 Å². The highest BCUT2D eigenvalue weighted by Gasteiger charge is 2.32. The summed E-state index contributed by atoms with van der Waals surface area (Å²) in [6, 6.07) is 15.7. The minimum atomic E-state index is -4.87.